The molecule has 0 amide bonds. The predicted molar refractivity (Wildman–Crippen MR) is 135 cm³/mol. The largest absolute Gasteiger partial charge is 0.497 e. The van der Waals surface area contributed by atoms with E-state index in [0.717, 1.165) is 11.3 Å². The molecule has 0 spiro atoms. The zero-order chi connectivity index (χ0) is 24.3. The summed E-state index contributed by atoms with van der Waals surface area (Å²) in [6.07, 6.45) is 1.89. The quantitative estimate of drug-likeness (QED) is 0.134. The van der Waals surface area contributed by atoms with Gasteiger partial charge in [-0.1, -0.05) is 59.8 Å². The van der Waals surface area contributed by atoms with Crippen molar-refractivity contribution in [3.8, 4) is 5.75 Å². The molecule has 0 saturated carbocycles. The van der Waals surface area contributed by atoms with Crippen LogP contribution in [0, 0.1) is 5.92 Å². The topological polar surface area (TPSA) is 57.2 Å². The van der Waals surface area contributed by atoms with Crippen molar-refractivity contribution < 1.29 is 23.7 Å². The molecule has 3 atom stereocenters. The molecule has 0 saturated heterocycles. The first kappa shape index (κ1) is 28.8. The fraction of sp³-hybridized carbons (Fsp3) is 0.692. The van der Waals surface area contributed by atoms with Gasteiger partial charge in [-0.2, -0.15) is 0 Å². The van der Waals surface area contributed by atoms with Gasteiger partial charge in [-0.25, -0.2) is 0 Å². The second-order valence-electron chi connectivity index (χ2n) is 9.59. The Morgan fingerprint density at radius 3 is 1.94 bits per heavy atom. The Kier molecular flexibility index (Phi) is 12.8. The van der Waals surface area contributed by atoms with Gasteiger partial charge in [-0.05, 0) is 47.7 Å². The van der Waals surface area contributed by atoms with Crippen LogP contribution < -0.4 is 4.74 Å². The molecule has 0 bridgehead atoms. The molecule has 0 fully saturated rings. The standard InChI is InChI=1S/C26H46O5Si/c1-10-11-26(31-32(19(2)3,20(4)5)21(6)7)25(22(8)27)17-30-18-29-16-23-12-14-24(28-9)15-13-23/h10,12-15,19-22,25-27H,1,11,16-18H2,2-9H3/t22-,25+,26-/m1/s1. The number of benzene rings is 1. The van der Waals surface area contributed by atoms with Crippen LogP contribution in [0.15, 0.2) is 36.9 Å². The number of hydrogen-bond acceptors (Lipinski definition) is 5. The molecule has 0 aliphatic carbocycles. The second-order valence-corrected chi connectivity index (χ2v) is 15.0. The molecular formula is C26H46O5Si. The number of aliphatic hydroxyl groups excluding tert-OH is 1. The summed E-state index contributed by atoms with van der Waals surface area (Å²) in [5, 5.41) is 10.6. The highest BCUT2D eigenvalue weighted by Gasteiger charge is 2.47. The van der Waals surface area contributed by atoms with Gasteiger partial charge in [0, 0.05) is 5.92 Å². The molecule has 184 valence electrons. The number of methoxy groups -OCH3 is 1. The van der Waals surface area contributed by atoms with Crippen molar-refractivity contribution in [2.24, 2.45) is 5.92 Å². The Hall–Kier alpha value is -1.18. The first-order chi connectivity index (χ1) is 15.1. The summed E-state index contributed by atoms with van der Waals surface area (Å²) in [5.74, 6) is 0.669. The van der Waals surface area contributed by atoms with Crippen LogP contribution in [-0.2, 0) is 20.5 Å². The van der Waals surface area contributed by atoms with Crippen molar-refractivity contribution in [2.45, 2.75) is 90.3 Å². The Morgan fingerprint density at radius 1 is 0.938 bits per heavy atom. The molecule has 1 rings (SSSR count). The van der Waals surface area contributed by atoms with Crippen LogP contribution in [0.4, 0.5) is 0 Å². The number of aliphatic hydroxyl groups is 1. The molecule has 1 aromatic rings. The molecule has 0 radical (unpaired) electrons. The van der Waals surface area contributed by atoms with Gasteiger partial charge in [0.25, 0.3) is 0 Å². The summed E-state index contributed by atoms with van der Waals surface area (Å²) >= 11 is 0. The molecule has 0 aromatic heterocycles. The van der Waals surface area contributed by atoms with Crippen LogP contribution in [0.3, 0.4) is 0 Å². The Labute approximate surface area is 197 Å². The lowest BCUT2D eigenvalue weighted by Gasteiger charge is -2.46. The zero-order valence-electron chi connectivity index (χ0n) is 21.5. The van der Waals surface area contributed by atoms with Crippen molar-refractivity contribution in [1.82, 2.24) is 0 Å². The van der Waals surface area contributed by atoms with Gasteiger partial charge in [0.1, 0.15) is 12.5 Å². The zero-order valence-corrected chi connectivity index (χ0v) is 22.5. The SMILES string of the molecule is C=CC[C@@H](O[Si](C(C)C)(C(C)C)C(C)C)[C@@H](COCOCc1ccc(OC)cc1)[C@@H](C)O. The Balaban J connectivity index is 2.78. The number of hydrogen-bond donors (Lipinski definition) is 1. The van der Waals surface area contributed by atoms with E-state index in [9.17, 15) is 5.11 Å². The van der Waals surface area contributed by atoms with E-state index in [0.29, 0.717) is 36.3 Å². The van der Waals surface area contributed by atoms with E-state index in [1.165, 1.54) is 0 Å². The predicted octanol–water partition coefficient (Wildman–Crippen LogP) is 6.32. The lowest BCUT2D eigenvalue weighted by Crippen LogP contribution is -2.53. The third-order valence-corrected chi connectivity index (χ3v) is 12.6. The van der Waals surface area contributed by atoms with Gasteiger partial charge in [-0.3, -0.25) is 0 Å². The van der Waals surface area contributed by atoms with Crippen LogP contribution in [0.25, 0.3) is 0 Å². The highest BCUT2D eigenvalue weighted by molar-refractivity contribution is 6.77. The average molecular weight is 467 g/mol. The fourth-order valence-electron chi connectivity index (χ4n) is 4.83. The molecule has 1 aromatic carbocycles. The van der Waals surface area contributed by atoms with E-state index in [1.807, 2.05) is 37.3 Å². The smallest absolute Gasteiger partial charge is 0.200 e. The van der Waals surface area contributed by atoms with Crippen LogP contribution >= 0.6 is 0 Å². The minimum Gasteiger partial charge on any atom is -0.497 e. The van der Waals surface area contributed by atoms with E-state index in [1.54, 1.807) is 7.11 Å². The van der Waals surface area contributed by atoms with Crippen LogP contribution in [0.1, 0.15) is 60.5 Å². The molecule has 0 aliphatic heterocycles. The van der Waals surface area contributed by atoms with Gasteiger partial charge in [-0.15, -0.1) is 6.58 Å². The van der Waals surface area contributed by atoms with Gasteiger partial charge < -0.3 is 23.7 Å². The van der Waals surface area contributed by atoms with Gasteiger partial charge in [0.2, 0.25) is 8.32 Å². The van der Waals surface area contributed by atoms with E-state index in [-0.39, 0.29) is 18.8 Å². The molecule has 5 nitrogen and oxygen atoms in total. The van der Waals surface area contributed by atoms with Crippen LogP contribution in [0.5, 0.6) is 5.75 Å². The molecule has 0 heterocycles. The third-order valence-electron chi connectivity index (χ3n) is 6.46. The van der Waals surface area contributed by atoms with Crippen molar-refractivity contribution in [3.05, 3.63) is 42.5 Å². The van der Waals surface area contributed by atoms with E-state index < -0.39 is 14.4 Å². The Bertz CT molecular complexity index is 620. The second kappa shape index (κ2) is 14.2. The van der Waals surface area contributed by atoms with Crippen LogP contribution in [-0.4, -0.2) is 46.1 Å². The van der Waals surface area contributed by atoms with Crippen molar-refractivity contribution in [1.29, 1.82) is 0 Å². The maximum atomic E-state index is 10.6. The van der Waals surface area contributed by atoms with Crippen molar-refractivity contribution in [2.75, 3.05) is 20.5 Å². The van der Waals surface area contributed by atoms with E-state index in [4.69, 9.17) is 18.6 Å². The lowest BCUT2D eigenvalue weighted by atomic mass is 9.95. The van der Waals surface area contributed by atoms with Crippen molar-refractivity contribution in [3.63, 3.8) is 0 Å². The van der Waals surface area contributed by atoms with E-state index in [2.05, 4.69) is 48.1 Å². The fourth-order valence-corrected chi connectivity index (χ4v) is 10.4. The summed E-state index contributed by atoms with van der Waals surface area (Å²) in [4.78, 5) is 0. The minimum absolute atomic E-state index is 0.132. The molecule has 0 aliphatic rings. The molecule has 32 heavy (non-hydrogen) atoms. The highest BCUT2D eigenvalue weighted by Crippen LogP contribution is 2.44. The summed E-state index contributed by atoms with van der Waals surface area (Å²) in [7, 11) is -0.449. The Morgan fingerprint density at radius 2 is 1.50 bits per heavy atom. The number of ether oxygens (including phenoxy) is 3. The maximum Gasteiger partial charge on any atom is 0.200 e. The highest BCUT2D eigenvalue weighted by atomic mass is 28.4. The van der Waals surface area contributed by atoms with Crippen molar-refractivity contribution >= 4 is 8.32 Å². The summed E-state index contributed by atoms with van der Waals surface area (Å²) < 4.78 is 23.7. The summed E-state index contributed by atoms with van der Waals surface area (Å²) in [6, 6.07) is 7.77. The normalized spacial score (nSPS) is 15.2. The van der Waals surface area contributed by atoms with Gasteiger partial charge in [0.05, 0.1) is 32.5 Å². The minimum atomic E-state index is -2.10. The first-order valence-corrected chi connectivity index (χ1v) is 14.0. The van der Waals surface area contributed by atoms with Gasteiger partial charge >= 0.3 is 0 Å². The lowest BCUT2D eigenvalue weighted by molar-refractivity contribution is -0.0988. The molecule has 0 unspecified atom stereocenters. The first-order valence-electron chi connectivity index (χ1n) is 11.8. The molecule has 6 heteroatoms. The van der Waals surface area contributed by atoms with Crippen LogP contribution in [0.2, 0.25) is 16.6 Å². The van der Waals surface area contributed by atoms with E-state index >= 15 is 0 Å². The molecule has 1 N–H and O–H groups in total. The third kappa shape index (κ3) is 7.99. The molecular weight excluding hydrogens is 420 g/mol. The summed E-state index contributed by atoms with van der Waals surface area (Å²) in [6.45, 7) is 20.4. The number of rotatable bonds is 16. The van der Waals surface area contributed by atoms with Gasteiger partial charge in [0.15, 0.2) is 0 Å². The monoisotopic (exact) mass is 466 g/mol. The maximum absolute atomic E-state index is 10.6. The average Bonchev–Trinajstić information content (AvgIpc) is 2.73. The summed E-state index contributed by atoms with van der Waals surface area (Å²) in [5.41, 5.74) is 2.46.